The van der Waals surface area contributed by atoms with E-state index in [1.807, 2.05) is 11.0 Å². The maximum Gasteiger partial charge on any atom is 0.253 e. The van der Waals surface area contributed by atoms with Crippen LogP contribution in [-0.2, 0) is 10.0 Å². The largest absolute Gasteiger partial charge is 0.338 e. The van der Waals surface area contributed by atoms with Crippen molar-refractivity contribution in [2.45, 2.75) is 25.7 Å². The Morgan fingerprint density at radius 3 is 2.69 bits per heavy atom. The van der Waals surface area contributed by atoms with Crippen molar-refractivity contribution in [2.24, 2.45) is 0 Å². The number of nitrogens with one attached hydrogen (secondary N) is 1. The third-order valence-corrected chi connectivity index (χ3v) is 5.82. The monoisotopic (exact) mass is 374 g/mol. The molecule has 1 aromatic carbocycles. The van der Waals surface area contributed by atoms with Crippen LogP contribution in [0, 0.1) is 0 Å². The van der Waals surface area contributed by atoms with Crippen molar-refractivity contribution < 1.29 is 13.2 Å². The van der Waals surface area contributed by atoms with Gasteiger partial charge in [-0.05, 0) is 50.1 Å². The third kappa shape index (κ3) is 4.37. The van der Waals surface area contributed by atoms with Gasteiger partial charge in [0.15, 0.2) is 0 Å². The molecule has 2 aromatic rings. The van der Waals surface area contributed by atoms with Crippen LogP contribution in [0.2, 0.25) is 0 Å². The molecular weight excluding hydrogens is 352 g/mol. The lowest BCUT2D eigenvalue weighted by atomic mass is 9.94. The minimum absolute atomic E-state index is 0.00584. The normalized spacial score (nSPS) is 17.7. The average Bonchev–Trinajstić information content (AvgIpc) is 2.68. The standard InChI is InChI=1S/C18H22N4O3S/c1-2-26(24,25)21-16-7-5-14(6-8-16)18(23)22-11-3-4-15(12-22)17-9-10-19-13-20-17/h5-10,13,15,21H,2-4,11-12H2,1H3. The van der Waals surface area contributed by atoms with E-state index in [-0.39, 0.29) is 17.6 Å². The molecule has 0 radical (unpaired) electrons. The highest BCUT2D eigenvalue weighted by Crippen LogP contribution is 2.26. The highest BCUT2D eigenvalue weighted by Gasteiger charge is 2.26. The molecule has 0 spiro atoms. The number of sulfonamides is 1. The Labute approximate surface area is 153 Å². The minimum Gasteiger partial charge on any atom is -0.338 e. The molecular formula is C18H22N4O3S. The Morgan fingerprint density at radius 1 is 1.27 bits per heavy atom. The number of nitrogens with zero attached hydrogens (tertiary/aromatic N) is 3. The fourth-order valence-electron chi connectivity index (χ4n) is 3.06. The summed E-state index contributed by atoms with van der Waals surface area (Å²) >= 11 is 0. The van der Waals surface area contributed by atoms with Crippen LogP contribution in [0.3, 0.4) is 0 Å². The molecule has 1 unspecified atom stereocenters. The number of anilines is 1. The molecule has 0 aliphatic carbocycles. The van der Waals surface area contributed by atoms with E-state index in [1.54, 1.807) is 37.4 Å². The van der Waals surface area contributed by atoms with Gasteiger partial charge in [-0.3, -0.25) is 9.52 Å². The minimum atomic E-state index is -3.32. The van der Waals surface area contributed by atoms with E-state index < -0.39 is 10.0 Å². The summed E-state index contributed by atoms with van der Waals surface area (Å²) in [6, 6.07) is 8.44. The van der Waals surface area contributed by atoms with Crippen molar-refractivity contribution in [1.82, 2.24) is 14.9 Å². The Balaban J connectivity index is 1.69. The summed E-state index contributed by atoms with van der Waals surface area (Å²) < 4.78 is 25.7. The predicted molar refractivity (Wildman–Crippen MR) is 99.4 cm³/mol. The van der Waals surface area contributed by atoms with E-state index in [0.717, 1.165) is 18.5 Å². The van der Waals surface area contributed by atoms with Gasteiger partial charge in [0.05, 0.1) is 5.75 Å². The van der Waals surface area contributed by atoms with Crippen LogP contribution in [0.25, 0.3) is 0 Å². The molecule has 1 atom stereocenters. The lowest BCUT2D eigenvalue weighted by molar-refractivity contribution is 0.0706. The molecule has 1 saturated heterocycles. The first-order valence-corrected chi connectivity index (χ1v) is 10.3. The van der Waals surface area contributed by atoms with Crippen LogP contribution in [-0.4, -0.2) is 48.0 Å². The van der Waals surface area contributed by atoms with Gasteiger partial charge in [0.1, 0.15) is 6.33 Å². The van der Waals surface area contributed by atoms with E-state index in [9.17, 15) is 13.2 Å². The zero-order chi connectivity index (χ0) is 18.6. The van der Waals surface area contributed by atoms with E-state index in [4.69, 9.17) is 0 Å². The summed E-state index contributed by atoms with van der Waals surface area (Å²) in [6.45, 7) is 2.91. The first-order chi connectivity index (χ1) is 12.5. The summed E-state index contributed by atoms with van der Waals surface area (Å²) in [5.41, 5.74) is 1.97. The maximum atomic E-state index is 12.8. The van der Waals surface area contributed by atoms with Crippen molar-refractivity contribution in [3.63, 3.8) is 0 Å². The van der Waals surface area contributed by atoms with Gasteiger partial charge in [0, 0.05) is 42.1 Å². The van der Waals surface area contributed by atoms with Crippen molar-refractivity contribution in [3.05, 3.63) is 54.1 Å². The van der Waals surface area contributed by atoms with Crippen LogP contribution in [0.1, 0.15) is 41.7 Å². The molecule has 8 heteroatoms. The number of carbonyl (C=O) groups is 1. The van der Waals surface area contributed by atoms with Crippen molar-refractivity contribution in [2.75, 3.05) is 23.6 Å². The van der Waals surface area contributed by atoms with Gasteiger partial charge in [0.2, 0.25) is 10.0 Å². The van der Waals surface area contributed by atoms with Crippen LogP contribution in [0.15, 0.2) is 42.9 Å². The number of hydrogen-bond donors (Lipinski definition) is 1. The van der Waals surface area contributed by atoms with E-state index in [2.05, 4.69) is 14.7 Å². The summed E-state index contributed by atoms with van der Waals surface area (Å²) in [7, 11) is -3.32. The second kappa shape index (κ2) is 7.82. The van der Waals surface area contributed by atoms with Crippen LogP contribution >= 0.6 is 0 Å². The van der Waals surface area contributed by atoms with E-state index in [1.165, 1.54) is 6.33 Å². The number of carbonyl (C=O) groups excluding carboxylic acids is 1. The van der Waals surface area contributed by atoms with Crippen LogP contribution in [0.5, 0.6) is 0 Å². The fourth-order valence-corrected chi connectivity index (χ4v) is 3.70. The molecule has 138 valence electrons. The number of aromatic nitrogens is 2. The van der Waals surface area contributed by atoms with Gasteiger partial charge < -0.3 is 4.90 Å². The molecule has 0 bridgehead atoms. The first-order valence-electron chi connectivity index (χ1n) is 8.64. The van der Waals surface area contributed by atoms with Gasteiger partial charge in [-0.2, -0.15) is 0 Å². The summed E-state index contributed by atoms with van der Waals surface area (Å²) in [4.78, 5) is 22.9. The topological polar surface area (TPSA) is 92.3 Å². The molecule has 2 heterocycles. The Hall–Kier alpha value is -2.48. The number of likely N-dealkylation sites (tertiary alicyclic amines) is 1. The molecule has 1 aliphatic rings. The second-order valence-electron chi connectivity index (χ2n) is 6.31. The number of piperidine rings is 1. The Morgan fingerprint density at radius 2 is 2.04 bits per heavy atom. The summed E-state index contributed by atoms with van der Waals surface area (Å²) in [6.07, 6.45) is 5.18. The third-order valence-electron chi connectivity index (χ3n) is 4.52. The fraction of sp³-hybridized carbons (Fsp3) is 0.389. The van der Waals surface area contributed by atoms with Crippen LogP contribution in [0.4, 0.5) is 5.69 Å². The smallest absolute Gasteiger partial charge is 0.253 e. The number of benzene rings is 1. The summed E-state index contributed by atoms with van der Waals surface area (Å²) in [5.74, 6) is 0.173. The SMILES string of the molecule is CCS(=O)(=O)Nc1ccc(C(=O)N2CCCC(c3ccncn3)C2)cc1. The molecule has 3 rings (SSSR count). The molecule has 26 heavy (non-hydrogen) atoms. The highest BCUT2D eigenvalue weighted by molar-refractivity contribution is 7.92. The zero-order valence-electron chi connectivity index (χ0n) is 14.6. The number of rotatable bonds is 5. The quantitative estimate of drug-likeness (QED) is 0.867. The van der Waals surface area contributed by atoms with Crippen LogP contribution < -0.4 is 4.72 Å². The zero-order valence-corrected chi connectivity index (χ0v) is 15.4. The highest BCUT2D eigenvalue weighted by atomic mass is 32.2. The maximum absolute atomic E-state index is 12.8. The van der Waals surface area contributed by atoms with E-state index in [0.29, 0.717) is 24.3 Å². The molecule has 1 aliphatic heterocycles. The molecule has 7 nitrogen and oxygen atoms in total. The molecule has 1 fully saturated rings. The lowest BCUT2D eigenvalue weighted by Crippen LogP contribution is -2.39. The number of amides is 1. The summed E-state index contributed by atoms with van der Waals surface area (Å²) in [5, 5.41) is 0. The van der Waals surface area contributed by atoms with E-state index >= 15 is 0 Å². The van der Waals surface area contributed by atoms with Gasteiger partial charge in [-0.15, -0.1) is 0 Å². The average molecular weight is 374 g/mol. The lowest BCUT2D eigenvalue weighted by Gasteiger charge is -2.32. The van der Waals surface area contributed by atoms with Crippen molar-refractivity contribution >= 4 is 21.6 Å². The van der Waals surface area contributed by atoms with Gasteiger partial charge in [-0.1, -0.05) is 0 Å². The Bertz CT molecular complexity index is 854. The molecule has 1 aromatic heterocycles. The molecule has 0 saturated carbocycles. The van der Waals surface area contributed by atoms with Gasteiger partial charge in [-0.25, -0.2) is 18.4 Å². The molecule has 1 amide bonds. The van der Waals surface area contributed by atoms with Crippen molar-refractivity contribution in [3.8, 4) is 0 Å². The number of hydrogen-bond acceptors (Lipinski definition) is 5. The van der Waals surface area contributed by atoms with Crippen molar-refractivity contribution in [1.29, 1.82) is 0 Å². The second-order valence-corrected chi connectivity index (χ2v) is 8.32. The predicted octanol–water partition coefficient (Wildman–Crippen LogP) is 2.26. The van der Waals surface area contributed by atoms with Gasteiger partial charge in [0.25, 0.3) is 5.91 Å². The Kier molecular flexibility index (Phi) is 5.51. The van der Waals surface area contributed by atoms with Gasteiger partial charge >= 0.3 is 0 Å². The first kappa shape index (κ1) is 18.3. The molecule has 1 N–H and O–H groups in total.